The quantitative estimate of drug-likeness (QED) is 0.501. The van der Waals surface area contributed by atoms with Gasteiger partial charge in [-0.3, -0.25) is 4.79 Å². The van der Waals surface area contributed by atoms with Gasteiger partial charge in [0.15, 0.2) is 0 Å². The van der Waals surface area contributed by atoms with Crippen LogP contribution in [0.15, 0.2) is 30.4 Å². The molecule has 0 aliphatic heterocycles. The molecule has 0 atom stereocenters. The highest BCUT2D eigenvalue weighted by molar-refractivity contribution is 14.1. The highest BCUT2D eigenvalue weighted by Gasteiger charge is 2.04. The third-order valence-electron chi connectivity index (χ3n) is 1.59. The van der Waals surface area contributed by atoms with Crippen LogP contribution in [0.2, 0.25) is 0 Å². The number of nitrogens with one attached hydrogen (secondary N) is 1. The van der Waals surface area contributed by atoms with E-state index in [1.165, 1.54) is 6.07 Å². The van der Waals surface area contributed by atoms with Gasteiger partial charge in [-0.05, 0) is 47.7 Å². The number of halogens is 1. The highest BCUT2D eigenvalue weighted by Crippen LogP contribution is 2.22. The Hall–Kier alpha value is -1.04. The van der Waals surface area contributed by atoms with Gasteiger partial charge in [-0.25, -0.2) is 0 Å². The number of amides is 1. The van der Waals surface area contributed by atoms with Crippen LogP contribution in [0.3, 0.4) is 0 Å². The zero-order valence-electron chi connectivity index (χ0n) is 7.67. The first-order valence-electron chi connectivity index (χ1n) is 3.96. The van der Waals surface area contributed by atoms with Gasteiger partial charge in [-0.2, -0.15) is 0 Å². The summed E-state index contributed by atoms with van der Waals surface area (Å²) in [7, 11) is 0. The molecule has 14 heavy (non-hydrogen) atoms. The van der Waals surface area contributed by atoms with Crippen LogP contribution in [0.25, 0.3) is 0 Å². The molecule has 0 aliphatic carbocycles. The van der Waals surface area contributed by atoms with Crippen LogP contribution in [0.4, 0.5) is 5.69 Å². The molecule has 1 aromatic carbocycles. The number of phenolic OH excluding ortho intramolecular Hbond substituents is 1. The number of phenols is 1. The van der Waals surface area contributed by atoms with Gasteiger partial charge in [0, 0.05) is 11.3 Å². The molecule has 0 radical (unpaired) electrons. The van der Waals surface area contributed by atoms with Crippen LogP contribution in [-0.4, -0.2) is 11.0 Å². The minimum absolute atomic E-state index is 0.207. The highest BCUT2D eigenvalue weighted by atomic mass is 127. The van der Waals surface area contributed by atoms with Crippen molar-refractivity contribution in [1.82, 2.24) is 0 Å². The van der Waals surface area contributed by atoms with E-state index in [4.69, 9.17) is 0 Å². The minimum Gasteiger partial charge on any atom is -0.507 e. The third kappa shape index (κ3) is 2.73. The van der Waals surface area contributed by atoms with E-state index >= 15 is 0 Å². The second-order valence-corrected chi connectivity index (χ2v) is 4.06. The first kappa shape index (κ1) is 11.0. The predicted octanol–water partition coefficient (Wildman–Crippen LogP) is 2.51. The molecule has 2 N–H and O–H groups in total. The molecular formula is C10H10INO2. The summed E-state index contributed by atoms with van der Waals surface area (Å²) in [5, 5.41) is 11.9. The number of benzene rings is 1. The van der Waals surface area contributed by atoms with Crippen LogP contribution in [0.5, 0.6) is 5.75 Å². The fourth-order valence-electron chi connectivity index (χ4n) is 0.822. The number of hydrogen-bond donors (Lipinski definition) is 2. The zero-order chi connectivity index (χ0) is 10.7. The van der Waals surface area contributed by atoms with Gasteiger partial charge in [-0.15, -0.1) is 0 Å². The molecule has 0 aromatic heterocycles. The fourth-order valence-corrected chi connectivity index (χ4v) is 1.34. The molecule has 4 heteroatoms. The van der Waals surface area contributed by atoms with Crippen LogP contribution in [-0.2, 0) is 4.79 Å². The zero-order valence-corrected chi connectivity index (χ0v) is 9.83. The molecular weight excluding hydrogens is 293 g/mol. The Labute approximate surface area is 96.0 Å². The summed E-state index contributed by atoms with van der Waals surface area (Å²) in [5.74, 6) is -0.00888. The third-order valence-corrected chi connectivity index (χ3v) is 2.46. The molecule has 0 heterocycles. The van der Waals surface area contributed by atoms with Crippen molar-refractivity contribution in [3.63, 3.8) is 0 Å². The van der Waals surface area contributed by atoms with Crippen molar-refractivity contribution in [3.8, 4) is 5.75 Å². The maximum absolute atomic E-state index is 11.2. The van der Waals surface area contributed by atoms with Gasteiger partial charge in [0.05, 0.1) is 3.57 Å². The van der Waals surface area contributed by atoms with Crippen molar-refractivity contribution < 1.29 is 9.90 Å². The number of carbonyl (C=O) groups is 1. The second-order valence-electron chi connectivity index (χ2n) is 2.90. The normalized spacial score (nSPS) is 9.57. The van der Waals surface area contributed by atoms with Crippen LogP contribution >= 0.6 is 22.6 Å². The van der Waals surface area contributed by atoms with E-state index in [1.54, 1.807) is 19.1 Å². The lowest BCUT2D eigenvalue weighted by molar-refractivity contribution is -0.112. The van der Waals surface area contributed by atoms with Gasteiger partial charge >= 0.3 is 0 Å². The molecule has 0 bridgehead atoms. The molecule has 0 spiro atoms. The molecule has 3 nitrogen and oxygen atoms in total. The molecule has 0 fully saturated rings. The van der Waals surface area contributed by atoms with Crippen molar-refractivity contribution >= 4 is 34.2 Å². The average Bonchev–Trinajstić information content (AvgIpc) is 2.11. The molecule has 1 rings (SSSR count). The summed E-state index contributed by atoms with van der Waals surface area (Å²) in [4.78, 5) is 11.2. The summed E-state index contributed by atoms with van der Waals surface area (Å²) in [5.41, 5.74) is 1.10. The van der Waals surface area contributed by atoms with E-state index in [9.17, 15) is 9.90 Å². The topological polar surface area (TPSA) is 49.3 Å². The van der Waals surface area contributed by atoms with Crippen LogP contribution < -0.4 is 5.32 Å². The molecule has 0 unspecified atom stereocenters. The van der Waals surface area contributed by atoms with E-state index in [0.29, 0.717) is 14.8 Å². The summed E-state index contributed by atoms with van der Waals surface area (Å²) < 4.78 is 0.696. The first-order valence-corrected chi connectivity index (χ1v) is 5.04. The number of carbonyl (C=O) groups excluding carboxylic acids is 1. The number of aromatic hydroxyl groups is 1. The predicted molar refractivity (Wildman–Crippen MR) is 64.3 cm³/mol. The van der Waals surface area contributed by atoms with E-state index in [-0.39, 0.29) is 11.7 Å². The van der Waals surface area contributed by atoms with Gasteiger partial charge in [0.2, 0.25) is 0 Å². The maximum atomic E-state index is 11.2. The summed E-state index contributed by atoms with van der Waals surface area (Å²) >= 11 is 1.99. The second kappa shape index (κ2) is 4.45. The summed E-state index contributed by atoms with van der Waals surface area (Å²) in [6, 6.07) is 4.87. The maximum Gasteiger partial charge on any atom is 0.250 e. The molecule has 0 saturated carbocycles. The number of hydrogen-bond acceptors (Lipinski definition) is 2. The minimum atomic E-state index is -0.216. The average molecular weight is 303 g/mol. The molecule has 0 saturated heterocycles. The van der Waals surface area contributed by atoms with Gasteiger partial charge in [0.25, 0.3) is 5.91 Å². The lowest BCUT2D eigenvalue weighted by Gasteiger charge is -2.05. The lowest BCUT2D eigenvalue weighted by Crippen LogP contribution is -2.11. The van der Waals surface area contributed by atoms with Gasteiger partial charge in [0.1, 0.15) is 5.75 Å². The van der Waals surface area contributed by atoms with Crippen molar-refractivity contribution in [2.75, 3.05) is 5.32 Å². The van der Waals surface area contributed by atoms with E-state index in [1.807, 2.05) is 22.6 Å². The number of rotatable bonds is 2. The van der Waals surface area contributed by atoms with Crippen molar-refractivity contribution in [3.05, 3.63) is 33.9 Å². The van der Waals surface area contributed by atoms with Crippen molar-refractivity contribution in [2.45, 2.75) is 6.92 Å². The Bertz CT molecular complexity index is 388. The Kier molecular flexibility index (Phi) is 3.51. The molecule has 1 amide bonds. The Balaban J connectivity index is 2.83. The SMILES string of the molecule is C=C(C)C(=O)Nc1ccc(O)c(I)c1. The van der Waals surface area contributed by atoms with E-state index in [2.05, 4.69) is 11.9 Å². The van der Waals surface area contributed by atoms with Gasteiger partial charge in [-0.1, -0.05) is 6.58 Å². The van der Waals surface area contributed by atoms with E-state index < -0.39 is 0 Å². The van der Waals surface area contributed by atoms with Gasteiger partial charge < -0.3 is 10.4 Å². The summed E-state index contributed by atoms with van der Waals surface area (Å²) in [6.45, 7) is 5.17. The summed E-state index contributed by atoms with van der Waals surface area (Å²) in [6.07, 6.45) is 0. The van der Waals surface area contributed by atoms with Crippen LogP contribution in [0, 0.1) is 3.57 Å². The smallest absolute Gasteiger partial charge is 0.250 e. The molecule has 0 aliphatic rings. The van der Waals surface area contributed by atoms with Crippen LogP contribution in [0.1, 0.15) is 6.92 Å². The molecule has 1 aromatic rings. The van der Waals surface area contributed by atoms with Crippen molar-refractivity contribution in [1.29, 1.82) is 0 Å². The van der Waals surface area contributed by atoms with Crippen molar-refractivity contribution in [2.24, 2.45) is 0 Å². The Morgan fingerprint density at radius 2 is 2.21 bits per heavy atom. The standard InChI is InChI=1S/C10H10INO2/c1-6(2)10(14)12-7-3-4-9(13)8(11)5-7/h3-5,13H,1H2,2H3,(H,12,14). The van der Waals surface area contributed by atoms with E-state index in [0.717, 1.165) is 0 Å². The lowest BCUT2D eigenvalue weighted by atomic mass is 10.2. The largest absolute Gasteiger partial charge is 0.507 e. The Morgan fingerprint density at radius 1 is 1.57 bits per heavy atom. The Morgan fingerprint density at radius 3 is 2.71 bits per heavy atom. The first-order chi connectivity index (χ1) is 6.50. The fraction of sp³-hybridized carbons (Fsp3) is 0.100. The monoisotopic (exact) mass is 303 g/mol. The number of anilines is 1. The molecule has 74 valence electrons.